The lowest BCUT2D eigenvalue weighted by Crippen LogP contribution is -2.31. The van der Waals surface area contributed by atoms with E-state index in [1.807, 2.05) is 18.2 Å². The Labute approximate surface area is 197 Å². The summed E-state index contributed by atoms with van der Waals surface area (Å²) in [4.78, 5) is 22.9. The molecule has 1 aliphatic rings. The number of rotatable bonds is 5. The molecule has 162 valence electrons. The molecule has 8 nitrogen and oxygen atoms in total. The SMILES string of the molecule is C[n+]1cc(/N=C(\[O-])CSC2=N/C(=C/c3cccc(Cl)c3Cl)C(=O)N2c2ccccc2)on1. The molecule has 1 aromatic heterocycles. The van der Waals surface area contributed by atoms with Crippen LogP contribution >= 0.6 is 35.0 Å². The zero-order valence-electron chi connectivity index (χ0n) is 16.6. The topological polar surface area (TPSA) is 98.0 Å². The molecule has 0 atom stereocenters. The van der Waals surface area contributed by atoms with E-state index in [0.29, 0.717) is 26.5 Å². The number of benzene rings is 2. The maximum atomic E-state index is 13.2. The number of anilines is 1. The number of amides is 1. The van der Waals surface area contributed by atoms with Crippen LogP contribution in [0.3, 0.4) is 0 Å². The molecule has 0 aliphatic carbocycles. The number of amidine groups is 1. The minimum atomic E-state index is -0.453. The average Bonchev–Trinajstić information content (AvgIpc) is 3.33. The van der Waals surface area contributed by atoms with E-state index in [-0.39, 0.29) is 23.2 Å². The van der Waals surface area contributed by atoms with E-state index < -0.39 is 5.90 Å². The molecule has 4 rings (SSSR count). The number of para-hydroxylation sites is 1. The number of halogens is 2. The van der Waals surface area contributed by atoms with Crippen molar-refractivity contribution >= 4 is 69.6 Å². The van der Waals surface area contributed by atoms with Crippen molar-refractivity contribution in [2.45, 2.75) is 0 Å². The molecule has 1 amide bonds. The molecule has 1 aliphatic heterocycles. The molecule has 0 N–H and O–H groups in total. The van der Waals surface area contributed by atoms with E-state index >= 15 is 0 Å². The maximum absolute atomic E-state index is 13.2. The molecule has 0 fully saturated rings. The summed E-state index contributed by atoms with van der Waals surface area (Å²) in [5, 5.41) is 16.9. The molecule has 0 radical (unpaired) electrons. The minimum absolute atomic E-state index is 0.0505. The van der Waals surface area contributed by atoms with Crippen molar-refractivity contribution in [1.82, 2.24) is 5.27 Å². The van der Waals surface area contributed by atoms with Crippen molar-refractivity contribution in [3.8, 4) is 0 Å². The Balaban J connectivity index is 1.64. The highest BCUT2D eigenvalue weighted by Gasteiger charge is 2.32. The molecule has 0 unspecified atom stereocenters. The highest BCUT2D eigenvalue weighted by Crippen LogP contribution is 2.32. The van der Waals surface area contributed by atoms with Crippen LogP contribution in [0.15, 0.2) is 74.9 Å². The third-order valence-corrected chi connectivity index (χ3v) is 5.99. The standard InChI is InChI=1S/C21H15Cl2N5O3S/c1-27-11-18(31-26-27)25-17(29)12-32-21-24-16(10-13-6-5-9-15(22)19(13)23)20(30)28(21)14-7-3-2-4-8-14/h2-11H,12H2,1H3/b16-10+. The summed E-state index contributed by atoms with van der Waals surface area (Å²) in [6, 6.07) is 14.2. The normalized spacial score (nSPS) is 15.5. The summed E-state index contributed by atoms with van der Waals surface area (Å²) >= 11 is 13.4. The third kappa shape index (κ3) is 4.85. The number of carbonyl (C=O) groups is 1. The number of hydrogen-bond acceptors (Lipinski definition) is 7. The van der Waals surface area contributed by atoms with Gasteiger partial charge in [0, 0.05) is 5.75 Å². The lowest BCUT2D eigenvalue weighted by molar-refractivity contribution is -0.739. The predicted molar refractivity (Wildman–Crippen MR) is 123 cm³/mol. The Morgan fingerprint density at radius 2 is 2.03 bits per heavy atom. The maximum Gasteiger partial charge on any atom is 0.320 e. The Bertz CT molecular complexity index is 1260. The number of aliphatic imine (C=N–C) groups is 2. The van der Waals surface area contributed by atoms with Crippen LogP contribution in [0.1, 0.15) is 5.56 Å². The van der Waals surface area contributed by atoms with Gasteiger partial charge in [-0.3, -0.25) is 14.2 Å². The first-order valence-corrected chi connectivity index (χ1v) is 11.0. The van der Waals surface area contributed by atoms with E-state index in [2.05, 4.69) is 15.3 Å². The van der Waals surface area contributed by atoms with Gasteiger partial charge < -0.3 is 5.11 Å². The van der Waals surface area contributed by atoms with E-state index in [1.165, 1.54) is 15.8 Å². The van der Waals surface area contributed by atoms with Gasteiger partial charge in [0.25, 0.3) is 12.1 Å². The fraction of sp³-hybridized carbons (Fsp3) is 0.0952. The van der Waals surface area contributed by atoms with Gasteiger partial charge in [-0.2, -0.15) is 0 Å². The lowest BCUT2D eigenvalue weighted by atomic mass is 10.2. The number of nitrogens with zero attached hydrogens (tertiary/aromatic N) is 5. The highest BCUT2D eigenvalue weighted by molar-refractivity contribution is 8.14. The molecule has 11 heteroatoms. The van der Waals surface area contributed by atoms with Crippen LogP contribution in [0.5, 0.6) is 0 Å². The minimum Gasteiger partial charge on any atom is -0.861 e. The van der Waals surface area contributed by atoms with E-state index in [1.54, 1.807) is 43.5 Å². The van der Waals surface area contributed by atoms with Crippen LogP contribution in [-0.2, 0) is 11.8 Å². The van der Waals surface area contributed by atoms with Crippen molar-refractivity contribution in [3.63, 3.8) is 0 Å². The molecule has 0 saturated carbocycles. The van der Waals surface area contributed by atoms with E-state index in [4.69, 9.17) is 27.7 Å². The van der Waals surface area contributed by atoms with Crippen molar-refractivity contribution in [3.05, 3.63) is 76.0 Å². The molecule has 0 spiro atoms. The summed E-state index contributed by atoms with van der Waals surface area (Å²) in [6.45, 7) is 0. The van der Waals surface area contributed by atoms with Gasteiger partial charge in [-0.15, -0.1) is 0 Å². The summed E-state index contributed by atoms with van der Waals surface area (Å²) in [5.74, 6) is -0.754. The summed E-state index contributed by atoms with van der Waals surface area (Å²) < 4.78 is 6.30. The Morgan fingerprint density at radius 1 is 1.25 bits per heavy atom. The van der Waals surface area contributed by atoms with Gasteiger partial charge in [0.05, 0.1) is 15.7 Å². The second-order valence-corrected chi connectivity index (χ2v) is 8.28. The summed E-state index contributed by atoms with van der Waals surface area (Å²) in [5.41, 5.74) is 1.36. The first-order valence-electron chi connectivity index (χ1n) is 9.26. The number of aromatic nitrogens is 2. The predicted octanol–water partition coefficient (Wildman–Crippen LogP) is 3.37. The molecule has 2 heterocycles. The van der Waals surface area contributed by atoms with Gasteiger partial charge >= 0.3 is 5.88 Å². The fourth-order valence-corrected chi connectivity index (χ4v) is 3.98. The van der Waals surface area contributed by atoms with Gasteiger partial charge in [0.1, 0.15) is 5.70 Å². The molecular weight excluding hydrogens is 473 g/mol. The monoisotopic (exact) mass is 487 g/mol. The third-order valence-electron chi connectivity index (χ3n) is 4.24. The van der Waals surface area contributed by atoms with Crippen LogP contribution in [-0.4, -0.2) is 28.0 Å². The number of carbonyl (C=O) groups excluding carboxylic acids is 1. The first-order chi connectivity index (χ1) is 15.4. The van der Waals surface area contributed by atoms with Crippen LogP contribution in [0, 0.1) is 0 Å². The molecular formula is C21H15Cl2N5O3S. The van der Waals surface area contributed by atoms with Crippen LogP contribution in [0.25, 0.3) is 6.08 Å². The zero-order chi connectivity index (χ0) is 22.7. The van der Waals surface area contributed by atoms with Crippen LogP contribution in [0.2, 0.25) is 10.0 Å². The van der Waals surface area contributed by atoms with Crippen molar-refractivity contribution in [2.24, 2.45) is 17.0 Å². The lowest BCUT2D eigenvalue weighted by Gasteiger charge is -2.18. The second kappa shape index (κ2) is 9.56. The molecule has 32 heavy (non-hydrogen) atoms. The van der Waals surface area contributed by atoms with E-state index in [9.17, 15) is 9.90 Å². The number of thioether (sulfide) groups is 1. The molecule has 0 saturated heterocycles. The first kappa shape index (κ1) is 22.1. The quantitative estimate of drug-likeness (QED) is 0.237. The fourth-order valence-electron chi connectivity index (χ4n) is 2.82. The van der Waals surface area contributed by atoms with Gasteiger partial charge in [-0.25, -0.2) is 9.98 Å². The van der Waals surface area contributed by atoms with Gasteiger partial charge in [0.15, 0.2) is 17.5 Å². The van der Waals surface area contributed by atoms with Crippen LogP contribution in [0.4, 0.5) is 11.6 Å². The Morgan fingerprint density at radius 3 is 2.75 bits per heavy atom. The Kier molecular flexibility index (Phi) is 6.59. The van der Waals surface area contributed by atoms with Crippen molar-refractivity contribution in [1.29, 1.82) is 0 Å². The zero-order valence-corrected chi connectivity index (χ0v) is 18.9. The second-order valence-electron chi connectivity index (χ2n) is 6.55. The van der Waals surface area contributed by atoms with Crippen molar-refractivity contribution < 1.29 is 19.1 Å². The average molecular weight is 488 g/mol. The summed E-state index contributed by atoms with van der Waals surface area (Å²) in [6.07, 6.45) is 3.05. The Hall–Kier alpha value is -3.14. The van der Waals surface area contributed by atoms with Crippen LogP contribution < -0.4 is 14.7 Å². The van der Waals surface area contributed by atoms with Crippen molar-refractivity contribution in [2.75, 3.05) is 10.7 Å². The van der Waals surface area contributed by atoms with Gasteiger partial charge in [-0.1, -0.05) is 70.0 Å². The number of aryl methyl sites for hydroxylation is 1. The summed E-state index contributed by atoms with van der Waals surface area (Å²) in [7, 11) is 1.65. The van der Waals surface area contributed by atoms with Gasteiger partial charge in [0.2, 0.25) is 0 Å². The largest absolute Gasteiger partial charge is 0.861 e. The molecule has 3 aromatic rings. The molecule has 2 aromatic carbocycles. The highest BCUT2D eigenvalue weighted by atomic mass is 35.5. The smallest absolute Gasteiger partial charge is 0.320 e. The van der Waals surface area contributed by atoms with E-state index in [0.717, 1.165) is 11.8 Å². The van der Waals surface area contributed by atoms with Gasteiger partial charge in [-0.05, 0) is 35.7 Å². The molecule has 0 bridgehead atoms. The number of hydrogen-bond donors (Lipinski definition) is 0.